The average molecular weight is 444 g/mol. The highest BCUT2D eigenvalue weighted by molar-refractivity contribution is 9.10. The van der Waals surface area contributed by atoms with Gasteiger partial charge in [0.05, 0.1) is 21.3 Å². The first-order valence-electron chi connectivity index (χ1n) is 8.23. The van der Waals surface area contributed by atoms with E-state index in [1.54, 1.807) is 25.2 Å². The maximum atomic E-state index is 12.6. The number of aromatic nitrogens is 1. The molecular weight excluding hydrogens is 430 g/mol. The smallest absolute Gasteiger partial charge is 0.261 e. The summed E-state index contributed by atoms with van der Waals surface area (Å²) in [6, 6.07) is 12.6. The Bertz CT molecular complexity index is 1060. The van der Waals surface area contributed by atoms with E-state index in [1.165, 1.54) is 16.2 Å². The van der Waals surface area contributed by atoms with Gasteiger partial charge < -0.3 is 0 Å². The van der Waals surface area contributed by atoms with Crippen LogP contribution in [0.3, 0.4) is 0 Å². The second-order valence-corrected chi connectivity index (χ2v) is 8.04. The number of fused-ring (bicyclic) bond motifs is 2. The van der Waals surface area contributed by atoms with Crippen LogP contribution in [0.2, 0.25) is 0 Å². The number of carbonyl (C=O) groups excluding carboxylic acids is 3. The van der Waals surface area contributed by atoms with E-state index in [9.17, 15) is 14.4 Å². The minimum absolute atomic E-state index is 0.0397. The summed E-state index contributed by atoms with van der Waals surface area (Å²) in [5.41, 5.74) is 1.57. The number of imide groups is 1. The van der Waals surface area contributed by atoms with Gasteiger partial charge in [-0.25, -0.2) is 4.98 Å². The molecule has 0 fully saturated rings. The van der Waals surface area contributed by atoms with Gasteiger partial charge in [0, 0.05) is 24.5 Å². The highest BCUT2D eigenvalue weighted by Crippen LogP contribution is 2.29. The largest absolute Gasteiger partial charge is 0.291 e. The van der Waals surface area contributed by atoms with E-state index in [0.29, 0.717) is 16.3 Å². The molecule has 27 heavy (non-hydrogen) atoms. The standard InChI is InChI=1S/C19H14BrN3O3S/c1-22(19-21-14-4-2-3-5-15(14)27-19)16(24)8-9-23-17(25)12-7-6-11(20)10-13(12)18(23)26/h2-7,10H,8-9H2,1H3. The van der Waals surface area contributed by atoms with Gasteiger partial charge in [0.1, 0.15) is 0 Å². The lowest BCUT2D eigenvalue weighted by molar-refractivity contribution is -0.118. The van der Waals surface area contributed by atoms with Gasteiger partial charge in [0.25, 0.3) is 11.8 Å². The maximum Gasteiger partial charge on any atom is 0.261 e. The number of rotatable bonds is 4. The quantitative estimate of drug-likeness (QED) is 0.576. The van der Waals surface area contributed by atoms with E-state index in [4.69, 9.17) is 0 Å². The molecule has 0 atom stereocenters. The molecule has 1 aliphatic heterocycles. The van der Waals surface area contributed by atoms with Crippen LogP contribution in [0.4, 0.5) is 5.13 Å². The van der Waals surface area contributed by atoms with Gasteiger partial charge in [-0.15, -0.1) is 0 Å². The summed E-state index contributed by atoms with van der Waals surface area (Å²) in [6.07, 6.45) is 0.0407. The average Bonchev–Trinajstić information content (AvgIpc) is 3.19. The van der Waals surface area contributed by atoms with E-state index in [1.807, 2.05) is 24.3 Å². The number of anilines is 1. The van der Waals surface area contributed by atoms with Crippen LogP contribution in [-0.2, 0) is 4.79 Å². The number of hydrogen-bond donors (Lipinski definition) is 0. The third-order valence-corrected chi connectivity index (χ3v) is 6.03. The van der Waals surface area contributed by atoms with Gasteiger partial charge in [0.2, 0.25) is 5.91 Å². The number of para-hydroxylation sites is 1. The van der Waals surface area contributed by atoms with Crippen molar-refractivity contribution in [2.24, 2.45) is 0 Å². The molecular formula is C19H14BrN3O3S. The Morgan fingerprint density at radius 1 is 1.15 bits per heavy atom. The fraction of sp³-hybridized carbons (Fsp3) is 0.158. The van der Waals surface area contributed by atoms with Crippen LogP contribution in [-0.4, -0.2) is 41.2 Å². The molecule has 0 aliphatic carbocycles. The van der Waals surface area contributed by atoms with Gasteiger partial charge in [-0.2, -0.15) is 0 Å². The lowest BCUT2D eigenvalue weighted by atomic mass is 10.1. The van der Waals surface area contributed by atoms with Crippen LogP contribution in [0, 0.1) is 0 Å². The predicted molar refractivity (Wildman–Crippen MR) is 107 cm³/mol. The van der Waals surface area contributed by atoms with Gasteiger partial charge in [-0.1, -0.05) is 39.4 Å². The lowest BCUT2D eigenvalue weighted by Crippen LogP contribution is -2.35. The Morgan fingerprint density at radius 2 is 1.89 bits per heavy atom. The number of carbonyl (C=O) groups is 3. The summed E-state index contributed by atoms with van der Waals surface area (Å²) >= 11 is 4.73. The molecule has 0 saturated carbocycles. The molecule has 6 nitrogen and oxygen atoms in total. The van der Waals surface area contributed by atoms with Crippen LogP contribution in [0.25, 0.3) is 10.2 Å². The molecule has 2 heterocycles. The van der Waals surface area contributed by atoms with Crippen molar-refractivity contribution in [3.05, 3.63) is 58.1 Å². The monoisotopic (exact) mass is 443 g/mol. The highest BCUT2D eigenvalue weighted by atomic mass is 79.9. The van der Waals surface area contributed by atoms with E-state index >= 15 is 0 Å². The predicted octanol–water partition coefficient (Wildman–Crippen LogP) is 3.71. The first-order valence-corrected chi connectivity index (χ1v) is 9.84. The molecule has 4 rings (SSSR count). The van der Waals surface area contributed by atoms with Crippen molar-refractivity contribution in [1.29, 1.82) is 0 Å². The second kappa shape index (κ2) is 6.86. The molecule has 136 valence electrons. The fourth-order valence-corrected chi connectivity index (χ4v) is 4.26. The van der Waals surface area contributed by atoms with Crippen molar-refractivity contribution < 1.29 is 14.4 Å². The second-order valence-electron chi connectivity index (χ2n) is 6.12. The van der Waals surface area contributed by atoms with E-state index in [-0.39, 0.29) is 30.7 Å². The number of nitrogens with zero attached hydrogens (tertiary/aromatic N) is 3. The molecule has 0 bridgehead atoms. The number of thiazole rings is 1. The van der Waals surface area contributed by atoms with Crippen LogP contribution in [0.15, 0.2) is 46.9 Å². The molecule has 0 saturated heterocycles. The Hall–Kier alpha value is -2.58. The van der Waals surface area contributed by atoms with Gasteiger partial charge in [-0.3, -0.25) is 24.2 Å². The van der Waals surface area contributed by atoms with Gasteiger partial charge in [0.15, 0.2) is 5.13 Å². The van der Waals surface area contributed by atoms with Crippen molar-refractivity contribution in [3.63, 3.8) is 0 Å². The molecule has 3 aromatic rings. The zero-order chi connectivity index (χ0) is 19.1. The number of benzene rings is 2. The Kier molecular flexibility index (Phi) is 4.53. The lowest BCUT2D eigenvalue weighted by Gasteiger charge is -2.17. The van der Waals surface area contributed by atoms with Crippen molar-refractivity contribution in [2.45, 2.75) is 6.42 Å². The molecule has 8 heteroatoms. The maximum absolute atomic E-state index is 12.6. The fourth-order valence-electron chi connectivity index (χ4n) is 2.95. The molecule has 2 aromatic carbocycles. The summed E-state index contributed by atoms with van der Waals surface area (Å²) in [5, 5.41) is 0.590. The molecule has 0 N–H and O–H groups in total. The molecule has 1 aromatic heterocycles. The van der Waals surface area contributed by atoms with Gasteiger partial charge >= 0.3 is 0 Å². The topological polar surface area (TPSA) is 70.6 Å². The minimum Gasteiger partial charge on any atom is -0.291 e. The third-order valence-electron chi connectivity index (χ3n) is 4.43. The summed E-state index contributed by atoms with van der Waals surface area (Å²) in [6.45, 7) is 0.0397. The van der Waals surface area contributed by atoms with E-state index in [0.717, 1.165) is 19.6 Å². The van der Waals surface area contributed by atoms with Crippen molar-refractivity contribution in [3.8, 4) is 0 Å². The van der Waals surface area contributed by atoms with Crippen molar-refractivity contribution >= 4 is 60.3 Å². The molecule has 0 unspecified atom stereocenters. The SMILES string of the molecule is CN(C(=O)CCN1C(=O)c2ccc(Br)cc2C1=O)c1nc2ccccc2s1. The van der Waals surface area contributed by atoms with E-state index < -0.39 is 0 Å². The highest BCUT2D eigenvalue weighted by Gasteiger charge is 2.35. The molecule has 0 radical (unpaired) electrons. The van der Waals surface area contributed by atoms with Gasteiger partial charge in [-0.05, 0) is 30.3 Å². The number of halogens is 1. The van der Waals surface area contributed by atoms with Crippen LogP contribution in [0.1, 0.15) is 27.1 Å². The first-order chi connectivity index (χ1) is 13.0. The van der Waals surface area contributed by atoms with E-state index in [2.05, 4.69) is 20.9 Å². The Morgan fingerprint density at radius 3 is 2.67 bits per heavy atom. The number of amides is 3. The zero-order valence-corrected chi connectivity index (χ0v) is 16.7. The van der Waals surface area contributed by atoms with Crippen molar-refractivity contribution in [1.82, 2.24) is 9.88 Å². The summed E-state index contributed by atoms with van der Waals surface area (Å²) in [4.78, 5) is 44.5. The Balaban J connectivity index is 1.46. The Labute approximate surface area is 167 Å². The number of hydrogen-bond acceptors (Lipinski definition) is 5. The van der Waals surface area contributed by atoms with Crippen LogP contribution in [0.5, 0.6) is 0 Å². The van der Waals surface area contributed by atoms with Crippen molar-refractivity contribution in [2.75, 3.05) is 18.5 Å². The third kappa shape index (κ3) is 3.15. The molecule has 3 amide bonds. The van der Waals surface area contributed by atoms with Crippen LogP contribution < -0.4 is 4.90 Å². The normalized spacial score (nSPS) is 13.3. The zero-order valence-electron chi connectivity index (χ0n) is 14.3. The summed E-state index contributed by atoms with van der Waals surface area (Å²) < 4.78 is 1.73. The van der Waals surface area contributed by atoms with Crippen LogP contribution >= 0.6 is 27.3 Å². The molecule has 0 spiro atoms. The summed E-state index contributed by atoms with van der Waals surface area (Å²) in [5.74, 6) is -0.934. The summed E-state index contributed by atoms with van der Waals surface area (Å²) in [7, 11) is 1.65. The minimum atomic E-state index is -0.369. The molecule has 1 aliphatic rings. The first kappa shape index (κ1) is 17.8.